The fourth-order valence-corrected chi connectivity index (χ4v) is 1.17. The SMILES string of the molecule is COC(=O)C(N)C1CCCO1.Cl. The molecular weight excluding hydrogens is 182 g/mol. The van der Waals surface area contributed by atoms with E-state index in [2.05, 4.69) is 4.74 Å². The van der Waals surface area contributed by atoms with Crippen molar-refractivity contribution in [2.75, 3.05) is 13.7 Å². The lowest BCUT2D eigenvalue weighted by Crippen LogP contribution is -2.42. The van der Waals surface area contributed by atoms with Crippen molar-refractivity contribution >= 4 is 18.4 Å². The molecule has 2 N–H and O–H groups in total. The van der Waals surface area contributed by atoms with Crippen LogP contribution < -0.4 is 5.73 Å². The molecule has 0 aromatic rings. The molecule has 2 unspecified atom stereocenters. The molecule has 0 aliphatic carbocycles. The minimum Gasteiger partial charge on any atom is -0.468 e. The summed E-state index contributed by atoms with van der Waals surface area (Å²) in [5.41, 5.74) is 5.53. The number of nitrogens with two attached hydrogens (primary N) is 1. The van der Waals surface area contributed by atoms with E-state index >= 15 is 0 Å². The van der Waals surface area contributed by atoms with Gasteiger partial charge in [-0.15, -0.1) is 12.4 Å². The van der Waals surface area contributed by atoms with E-state index in [4.69, 9.17) is 10.5 Å². The Morgan fingerprint density at radius 2 is 2.42 bits per heavy atom. The van der Waals surface area contributed by atoms with E-state index in [1.54, 1.807) is 0 Å². The molecule has 1 aliphatic rings. The average molecular weight is 196 g/mol. The highest BCUT2D eigenvalue weighted by atomic mass is 35.5. The van der Waals surface area contributed by atoms with Crippen LogP contribution in [-0.4, -0.2) is 31.8 Å². The summed E-state index contributed by atoms with van der Waals surface area (Å²) in [6.45, 7) is 0.704. The van der Waals surface area contributed by atoms with Gasteiger partial charge in [0.05, 0.1) is 13.2 Å². The van der Waals surface area contributed by atoms with Crippen LogP contribution in [0.5, 0.6) is 0 Å². The molecule has 1 saturated heterocycles. The molecule has 0 aromatic carbocycles. The Morgan fingerprint density at radius 1 is 1.75 bits per heavy atom. The fraction of sp³-hybridized carbons (Fsp3) is 0.857. The van der Waals surface area contributed by atoms with Gasteiger partial charge in [0.25, 0.3) is 0 Å². The zero-order valence-corrected chi connectivity index (χ0v) is 7.80. The maximum Gasteiger partial charge on any atom is 0.325 e. The molecule has 1 heterocycles. The number of carbonyl (C=O) groups excluding carboxylic acids is 1. The number of carbonyl (C=O) groups is 1. The molecule has 0 amide bonds. The van der Waals surface area contributed by atoms with Gasteiger partial charge in [-0.1, -0.05) is 0 Å². The van der Waals surface area contributed by atoms with Gasteiger partial charge in [-0.25, -0.2) is 0 Å². The van der Waals surface area contributed by atoms with Crippen LogP contribution in [0.15, 0.2) is 0 Å². The van der Waals surface area contributed by atoms with Crippen LogP contribution in [0.2, 0.25) is 0 Å². The van der Waals surface area contributed by atoms with Crippen molar-refractivity contribution in [3.8, 4) is 0 Å². The van der Waals surface area contributed by atoms with Crippen LogP contribution in [0, 0.1) is 0 Å². The molecule has 2 atom stereocenters. The summed E-state index contributed by atoms with van der Waals surface area (Å²) in [6.07, 6.45) is 1.70. The first-order valence-electron chi connectivity index (χ1n) is 3.70. The van der Waals surface area contributed by atoms with Crippen molar-refractivity contribution in [1.82, 2.24) is 0 Å². The Bertz CT molecular complexity index is 148. The standard InChI is InChI=1S/C7H13NO3.ClH/c1-10-7(9)6(8)5-3-2-4-11-5;/h5-6H,2-4,8H2,1H3;1H. The second-order valence-corrected chi connectivity index (χ2v) is 2.60. The highest BCUT2D eigenvalue weighted by Crippen LogP contribution is 2.14. The molecular formula is C7H14ClNO3. The summed E-state index contributed by atoms with van der Waals surface area (Å²) in [5.74, 6) is -0.392. The van der Waals surface area contributed by atoms with E-state index in [0.29, 0.717) is 6.61 Å². The van der Waals surface area contributed by atoms with Gasteiger partial charge >= 0.3 is 5.97 Å². The van der Waals surface area contributed by atoms with Gasteiger partial charge in [0, 0.05) is 6.61 Å². The maximum absolute atomic E-state index is 10.9. The monoisotopic (exact) mass is 195 g/mol. The molecule has 12 heavy (non-hydrogen) atoms. The number of ether oxygens (including phenoxy) is 2. The van der Waals surface area contributed by atoms with E-state index in [0.717, 1.165) is 12.8 Å². The highest BCUT2D eigenvalue weighted by Gasteiger charge is 2.28. The topological polar surface area (TPSA) is 61.5 Å². The molecule has 4 nitrogen and oxygen atoms in total. The number of hydrogen-bond acceptors (Lipinski definition) is 4. The number of halogens is 1. The lowest BCUT2D eigenvalue weighted by atomic mass is 10.1. The summed E-state index contributed by atoms with van der Waals surface area (Å²) in [4.78, 5) is 10.9. The van der Waals surface area contributed by atoms with E-state index in [-0.39, 0.29) is 18.5 Å². The Kier molecular flexibility index (Phi) is 5.20. The molecule has 1 aliphatic heterocycles. The number of methoxy groups -OCH3 is 1. The third-order valence-electron chi connectivity index (χ3n) is 1.84. The van der Waals surface area contributed by atoms with Gasteiger partial charge in [-0.3, -0.25) is 4.79 Å². The predicted molar refractivity (Wildman–Crippen MR) is 46.2 cm³/mol. The van der Waals surface area contributed by atoms with Crippen molar-refractivity contribution in [1.29, 1.82) is 0 Å². The second kappa shape index (κ2) is 5.35. The molecule has 5 heteroatoms. The van der Waals surface area contributed by atoms with Crippen molar-refractivity contribution in [2.45, 2.75) is 25.0 Å². The molecule has 0 spiro atoms. The summed E-state index contributed by atoms with van der Waals surface area (Å²) < 4.78 is 9.69. The second-order valence-electron chi connectivity index (χ2n) is 2.60. The molecule has 1 rings (SSSR count). The van der Waals surface area contributed by atoms with E-state index in [1.807, 2.05) is 0 Å². The van der Waals surface area contributed by atoms with Crippen LogP contribution >= 0.6 is 12.4 Å². The third-order valence-corrected chi connectivity index (χ3v) is 1.84. The van der Waals surface area contributed by atoms with Gasteiger partial charge in [-0.05, 0) is 12.8 Å². The van der Waals surface area contributed by atoms with Crippen LogP contribution in [0.3, 0.4) is 0 Å². The smallest absolute Gasteiger partial charge is 0.325 e. The molecule has 0 bridgehead atoms. The average Bonchev–Trinajstić information content (AvgIpc) is 2.53. The number of hydrogen-bond donors (Lipinski definition) is 1. The largest absolute Gasteiger partial charge is 0.468 e. The van der Waals surface area contributed by atoms with Crippen LogP contribution in [0.4, 0.5) is 0 Å². The quantitative estimate of drug-likeness (QED) is 0.635. The molecule has 1 fully saturated rings. The highest BCUT2D eigenvalue weighted by molar-refractivity contribution is 5.85. The zero-order chi connectivity index (χ0) is 8.27. The Hall–Kier alpha value is -0.320. The predicted octanol–water partition coefficient (Wildman–Crippen LogP) is 0.0875. The number of rotatable bonds is 2. The van der Waals surface area contributed by atoms with Crippen LogP contribution in [-0.2, 0) is 14.3 Å². The van der Waals surface area contributed by atoms with Crippen molar-refractivity contribution in [2.24, 2.45) is 5.73 Å². The van der Waals surface area contributed by atoms with E-state index in [9.17, 15) is 4.79 Å². The number of esters is 1. The minimum absolute atomic E-state index is 0. The maximum atomic E-state index is 10.9. The lowest BCUT2D eigenvalue weighted by molar-refractivity contribution is -0.145. The normalized spacial score (nSPS) is 24.3. The first kappa shape index (κ1) is 11.7. The summed E-state index contributed by atoms with van der Waals surface area (Å²) in [7, 11) is 1.33. The molecule has 0 saturated carbocycles. The summed E-state index contributed by atoms with van der Waals surface area (Å²) in [6, 6.07) is -0.609. The van der Waals surface area contributed by atoms with E-state index in [1.165, 1.54) is 7.11 Å². The van der Waals surface area contributed by atoms with Crippen LogP contribution in [0.25, 0.3) is 0 Å². The minimum atomic E-state index is -0.609. The Balaban J connectivity index is 0.00000121. The van der Waals surface area contributed by atoms with Gasteiger partial charge in [0.2, 0.25) is 0 Å². The zero-order valence-electron chi connectivity index (χ0n) is 6.99. The Labute approximate surface area is 77.8 Å². The van der Waals surface area contributed by atoms with E-state index < -0.39 is 12.0 Å². The summed E-state index contributed by atoms with van der Waals surface area (Å²) in [5, 5.41) is 0. The molecule has 0 radical (unpaired) electrons. The molecule has 72 valence electrons. The van der Waals surface area contributed by atoms with Crippen molar-refractivity contribution < 1.29 is 14.3 Å². The fourth-order valence-electron chi connectivity index (χ4n) is 1.17. The van der Waals surface area contributed by atoms with Gasteiger partial charge in [-0.2, -0.15) is 0 Å². The first-order valence-corrected chi connectivity index (χ1v) is 3.70. The third kappa shape index (κ3) is 2.62. The summed E-state index contributed by atoms with van der Waals surface area (Å²) >= 11 is 0. The van der Waals surface area contributed by atoms with Crippen molar-refractivity contribution in [3.05, 3.63) is 0 Å². The lowest BCUT2D eigenvalue weighted by Gasteiger charge is -2.15. The van der Waals surface area contributed by atoms with Gasteiger partial charge in [0.1, 0.15) is 6.04 Å². The van der Waals surface area contributed by atoms with Gasteiger partial charge in [0.15, 0.2) is 0 Å². The first-order chi connectivity index (χ1) is 5.25. The molecule has 0 aromatic heterocycles. The van der Waals surface area contributed by atoms with Crippen molar-refractivity contribution in [3.63, 3.8) is 0 Å². The van der Waals surface area contributed by atoms with Crippen LogP contribution in [0.1, 0.15) is 12.8 Å². The Morgan fingerprint density at radius 3 is 2.83 bits per heavy atom. The van der Waals surface area contributed by atoms with Gasteiger partial charge < -0.3 is 15.2 Å².